The molecule has 1 aromatic carbocycles. The van der Waals surface area contributed by atoms with Crippen molar-refractivity contribution in [2.45, 2.75) is 24.9 Å². The Bertz CT molecular complexity index is 1030. The van der Waals surface area contributed by atoms with Crippen molar-refractivity contribution in [2.24, 2.45) is 0 Å². The van der Waals surface area contributed by atoms with Gasteiger partial charge in [-0.1, -0.05) is 12.1 Å². The molecule has 1 amide bonds. The zero-order valence-electron chi connectivity index (χ0n) is 15.9. The van der Waals surface area contributed by atoms with Crippen LogP contribution in [-0.4, -0.2) is 44.1 Å². The van der Waals surface area contributed by atoms with Crippen LogP contribution in [-0.2, 0) is 6.18 Å². The standard InChI is InChI=1S/C20H19F3N6O/c21-20(22,23)14-5-3-12(4-6-14)15-10-25-19(24)27-17(15)13-2-1-9-29(11-13)18(30)16-7-8-26-28-16/h3-8,10,13H,1-2,9,11H2,(H,26,28)(H2,24,25,27). The molecule has 7 nitrogen and oxygen atoms in total. The van der Waals surface area contributed by atoms with E-state index in [0.717, 1.165) is 25.0 Å². The summed E-state index contributed by atoms with van der Waals surface area (Å²) in [6, 6.07) is 6.48. The molecule has 30 heavy (non-hydrogen) atoms. The van der Waals surface area contributed by atoms with Crippen LogP contribution in [0.2, 0.25) is 0 Å². The van der Waals surface area contributed by atoms with Crippen LogP contribution < -0.4 is 5.73 Å². The number of amides is 1. The van der Waals surface area contributed by atoms with Gasteiger partial charge in [-0.05, 0) is 36.6 Å². The third kappa shape index (κ3) is 3.98. The first-order chi connectivity index (χ1) is 14.3. The van der Waals surface area contributed by atoms with Crippen LogP contribution in [0.15, 0.2) is 42.7 Å². The van der Waals surface area contributed by atoms with Crippen molar-refractivity contribution in [1.82, 2.24) is 25.1 Å². The van der Waals surface area contributed by atoms with E-state index >= 15 is 0 Å². The van der Waals surface area contributed by atoms with Crippen LogP contribution in [0.3, 0.4) is 0 Å². The second-order valence-corrected chi connectivity index (χ2v) is 7.16. The third-order valence-corrected chi connectivity index (χ3v) is 5.19. The average Bonchev–Trinajstić information content (AvgIpc) is 3.28. The molecule has 3 heterocycles. The number of likely N-dealkylation sites (tertiary alicyclic amines) is 1. The Morgan fingerprint density at radius 1 is 1.20 bits per heavy atom. The van der Waals surface area contributed by atoms with E-state index in [1.165, 1.54) is 24.5 Å². The van der Waals surface area contributed by atoms with Gasteiger partial charge < -0.3 is 10.6 Å². The normalized spacial score (nSPS) is 17.2. The summed E-state index contributed by atoms with van der Waals surface area (Å²) in [7, 11) is 0. The molecule has 1 aliphatic rings. The zero-order valence-corrected chi connectivity index (χ0v) is 15.9. The van der Waals surface area contributed by atoms with Gasteiger partial charge in [0.05, 0.1) is 11.3 Å². The minimum absolute atomic E-state index is 0.0812. The number of H-pyrrole nitrogens is 1. The van der Waals surface area contributed by atoms with E-state index in [4.69, 9.17) is 5.73 Å². The predicted octanol–water partition coefficient (Wildman–Crippen LogP) is 3.49. The van der Waals surface area contributed by atoms with Crippen molar-refractivity contribution in [3.8, 4) is 11.1 Å². The fourth-order valence-electron chi connectivity index (χ4n) is 3.71. The monoisotopic (exact) mass is 416 g/mol. The van der Waals surface area contributed by atoms with Gasteiger partial charge in [-0.15, -0.1) is 0 Å². The van der Waals surface area contributed by atoms with Crippen molar-refractivity contribution in [3.05, 3.63) is 59.7 Å². The van der Waals surface area contributed by atoms with E-state index in [2.05, 4.69) is 20.2 Å². The number of hydrogen-bond acceptors (Lipinski definition) is 5. The topological polar surface area (TPSA) is 101 Å². The number of nitrogen functional groups attached to an aromatic ring is 1. The summed E-state index contributed by atoms with van der Waals surface area (Å²) >= 11 is 0. The molecule has 2 aromatic heterocycles. The third-order valence-electron chi connectivity index (χ3n) is 5.19. The number of alkyl halides is 3. The molecule has 0 aliphatic carbocycles. The first-order valence-electron chi connectivity index (χ1n) is 9.41. The van der Waals surface area contributed by atoms with E-state index in [1.54, 1.807) is 11.0 Å². The van der Waals surface area contributed by atoms with Crippen molar-refractivity contribution in [3.63, 3.8) is 0 Å². The lowest BCUT2D eigenvalue weighted by Crippen LogP contribution is -2.39. The number of nitrogens with two attached hydrogens (primary N) is 1. The second-order valence-electron chi connectivity index (χ2n) is 7.16. The quantitative estimate of drug-likeness (QED) is 0.681. The zero-order chi connectivity index (χ0) is 21.3. The van der Waals surface area contributed by atoms with Gasteiger partial charge in [0, 0.05) is 37.0 Å². The van der Waals surface area contributed by atoms with Crippen LogP contribution in [0.4, 0.5) is 19.1 Å². The summed E-state index contributed by atoms with van der Waals surface area (Å²) in [6.45, 7) is 1.02. The molecule has 0 spiro atoms. The van der Waals surface area contributed by atoms with Crippen molar-refractivity contribution >= 4 is 11.9 Å². The van der Waals surface area contributed by atoms with Crippen molar-refractivity contribution in [2.75, 3.05) is 18.8 Å². The summed E-state index contributed by atoms with van der Waals surface area (Å²) in [4.78, 5) is 22.8. The molecule has 0 radical (unpaired) electrons. The van der Waals surface area contributed by atoms with E-state index in [-0.39, 0.29) is 17.8 Å². The first-order valence-corrected chi connectivity index (χ1v) is 9.41. The second kappa shape index (κ2) is 7.77. The number of hydrogen-bond donors (Lipinski definition) is 2. The fourth-order valence-corrected chi connectivity index (χ4v) is 3.71. The summed E-state index contributed by atoms with van der Waals surface area (Å²) in [5.74, 6) is -0.193. The SMILES string of the molecule is Nc1ncc(-c2ccc(C(F)(F)F)cc2)c(C2CCCN(C(=O)c3ccn[nH]3)C2)n1. The number of nitrogens with zero attached hydrogens (tertiary/aromatic N) is 4. The molecule has 0 bridgehead atoms. The molecule has 1 fully saturated rings. The lowest BCUT2D eigenvalue weighted by Gasteiger charge is -2.33. The van der Waals surface area contributed by atoms with E-state index in [1.807, 2.05) is 0 Å². The highest BCUT2D eigenvalue weighted by Gasteiger charge is 2.31. The van der Waals surface area contributed by atoms with Gasteiger partial charge in [-0.3, -0.25) is 9.89 Å². The Balaban J connectivity index is 1.64. The molecule has 1 unspecified atom stereocenters. The fraction of sp³-hybridized carbons (Fsp3) is 0.300. The van der Waals surface area contributed by atoms with Gasteiger partial charge in [0.2, 0.25) is 5.95 Å². The highest BCUT2D eigenvalue weighted by molar-refractivity contribution is 5.92. The molecule has 3 N–H and O–H groups in total. The number of aromatic amines is 1. The minimum Gasteiger partial charge on any atom is -0.368 e. The summed E-state index contributed by atoms with van der Waals surface area (Å²) < 4.78 is 38.7. The Morgan fingerprint density at radius 2 is 1.97 bits per heavy atom. The molecule has 0 saturated carbocycles. The van der Waals surface area contributed by atoms with Gasteiger partial charge in [0.1, 0.15) is 5.69 Å². The number of piperidine rings is 1. The molecule has 4 rings (SSSR count). The van der Waals surface area contributed by atoms with Gasteiger partial charge in [-0.25, -0.2) is 9.97 Å². The predicted molar refractivity (Wildman–Crippen MR) is 103 cm³/mol. The van der Waals surface area contributed by atoms with E-state index < -0.39 is 11.7 Å². The van der Waals surface area contributed by atoms with Crippen LogP contribution in [0.1, 0.15) is 40.5 Å². The minimum atomic E-state index is -4.41. The maximum atomic E-state index is 12.9. The maximum absolute atomic E-state index is 12.9. The largest absolute Gasteiger partial charge is 0.416 e. The van der Waals surface area contributed by atoms with E-state index in [0.29, 0.717) is 35.6 Å². The first kappa shape index (κ1) is 19.9. The van der Waals surface area contributed by atoms with Gasteiger partial charge in [0.15, 0.2) is 0 Å². The van der Waals surface area contributed by atoms with Crippen molar-refractivity contribution < 1.29 is 18.0 Å². The van der Waals surface area contributed by atoms with Gasteiger partial charge >= 0.3 is 6.18 Å². The van der Waals surface area contributed by atoms with Crippen LogP contribution in [0.25, 0.3) is 11.1 Å². The highest BCUT2D eigenvalue weighted by atomic mass is 19.4. The van der Waals surface area contributed by atoms with Gasteiger partial charge in [0.25, 0.3) is 5.91 Å². The van der Waals surface area contributed by atoms with E-state index in [9.17, 15) is 18.0 Å². The Kier molecular flexibility index (Phi) is 5.15. The number of benzene rings is 1. The molecular weight excluding hydrogens is 397 g/mol. The van der Waals surface area contributed by atoms with Crippen LogP contribution >= 0.6 is 0 Å². The van der Waals surface area contributed by atoms with Crippen molar-refractivity contribution in [1.29, 1.82) is 0 Å². The van der Waals surface area contributed by atoms with Gasteiger partial charge in [-0.2, -0.15) is 18.3 Å². The number of carbonyl (C=O) groups is 1. The number of rotatable bonds is 3. The summed E-state index contributed by atoms with van der Waals surface area (Å²) in [6.07, 6.45) is 0.173. The summed E-state index contributed by atoms with van der Waals surface area (Å²) in [5.41, 5.74) is 7.28. The molecule has 1 saturated heterocycles. The number of anilines is 1. The Labute approximate surface area is 170 Å². The average molecular weight is 416 g/mol. The number of carbonyl (C=O) groups excluding carboxylic acids is 1. The molecule has 1 aliphatic heterocycles. The molecule has 156 valence electrons. The molecule has 3 aromatic rings. The molecular formula is C20H19F3N6O. The highest BCUT2D eigenvalue weighted by Crippen LogP contribution is 2.35. The number of halogens is 3. The van der Waals surface area contributed by atoms with Crippen LogP contribution in [0.5, 0.6) is 0 Å². The maximum Gasteiger partial charge on any atom is 0.416 e. The Hall–Kier alpha value is -3.43. The summed E-state index contributed by atoms with van der Waals surface area (Å²) in [5, 5.41) is 6.49. The molecule has 10 heteroatoms. The number of aromatic nitrogens is 4. The smallest absolute Gasteiger partial charge is 0.368 e. The lowest BCUT2D eigenvalue weighted by atomic mass is 9.89. The molecule has 1 atom stereocenters. The number of nitrogens with one attached hydrogen (secondary N) is 1. The Morgan fingerprint density at radius 3 is 2.63 bits per heavy atom. The van der Waals surface area contributed by atoms with Crippen LogP contribution in [0, 0.1) is 0 Å². The lowest BCUT2D eigenvalue weighted by molar-refractivity contribution is -0.137.